The van der Waals surface area contributed by atoms with Crippen molar-refractivity contribution >= 4 is 5.69 Å². The molecule has 1 N–H and O–H groups in total. The van der Waals surface area contributed by atoms with Crippen molar-refractivity contribution in [1.29, 1.82) is 0 Å². The number of allylic oxidation sites excluding steroid dienone is 1. The number of nitrogens with zero attached hydrogens (tertiary/aromatic N) is 2. The number of anilines is 1. The molecule has 4 nitrogen and oxygen atoms in total. The fourth-order valence-corrected chi connectivity index (χ4v) is 3.16. The summed E-state index contributed by atoms with van der Waals surface area (Å²) in [6.45, 7) is 4.15. The van der Waals surface area contributed by atoms with Crippen molar-refractivity contribution < 1.29 is 4.74 Å². The summed E-state index contributed by atoms with van der Waals surface area (Å²) in [5.74, 6) is 0.812. The Bertz CT molecular complexity index is 446. The van der Waals surface area contributed by atoms with Crippen molar-refractivity contribution in [2.45, 2.75) is 38.3 Å². The fourth-order valence-electron chi connectivity index (χ4n) is 3.16. The van der Waals surface area contributed by atoms with Crippen LogP contribution in [0.3, 0.4) is 0 Å². The van der Waals surface area contributed by atoms with E-state index in [4.69, 9.17) is 4.74 Å². The van der Waals surface area contributed by atoms with Crippen LogP contribution in [0.5, 0.6) is 5.75 Å². The van der Waals surface area contributed by atoms with Crippen LogP contribution in [0.15, 0.2) is 30.8 Å². The van der Waals surface area contributed by atoms with Crippen LogP contribution in [0.1, 0.15) is 26.2 Å². The van der Waals surface area contributed by atoms with E-state index in [1.54, 1.807) is 12.5 Å². The summed E-state index contributed by atoms with van der Waals surface area (Å²) in [7, 11) is 0. The lowest BCUT2D eigenvalue weighted by Crippen LogP contribution is -2.38. The Morgan fingerprint density at radius 1 is 1.32 bits per heavy atom. The van der Waals surface area contributed by atoms with Crippen molar-refractivity contribution in [2.75, 3.05) is 18.0 Å². The first kappa shape index (κ1) is 12.5. The first-order valence-electron chi connectivity index (χ1n) is 7.10. The Balaban J connectivity index is 1.84. The molecule has 4 heteroatoms. The van der Waals surface area contributed by atoms with Crippen LogP contribution in [-0.4, -0.2) is 30.2 Å². The Hall–Kier alpha value is -1.55. The van der Waals surface area contributed by atoms with Gasteiger partial charge in [0.05, 0.1) is 24.3 Å². The van der Waals surface area contributed by atoms with Crippen LogP contribution in [0.25, 0.3) is 0 Å². The molecule has 2 aliphatic heterocycles. The third-order valence-corrected chi connectivity index (χ3v) is 3.99. The molecule has 3 rings (SSSR count). The zero-order valence-corrected chi connectivity index (χ0v) is 11.4. The molecule has 2 saturated heterocycles. The van der Waals surface area contributed by atoms with Gasteiger partial charge in [-0.05, 0) is 32.7 Å². The Kier molecular flexibility index (Phi) is 3.69. The van der Waals surface area contributed by atoms with Crippen LogP contribution in [0.2, 0.25) is 0 Å². The smallest absolute Gasteiger partial charge is 0.146 e. The van der Waals surface area contributed by atoms with Gasteiger partial charge in [0.1, 0.15) is 5.75 Å². The lowest BCUT2D eigenvalue weighted by Gasteiger charge is -2.30. The molecule has 2 atom stereocenters. The highest BCUT2D eigenvalue weighted by atomic mass is 16.5. The van der Waals surface area contributed by atoms with E-state index in [1.165, 1.54) is 24.9 Å². The van der Waals surface area contributed by atoms with Crippen LogP contribution in [0.4, 0.5) is 5.69 Å². The predicted octanol–water partition coefficient (Wildman–Crippen LogP) is 2.32. The first-order valence-corrected chi connectivity index (χ1v) is 7.10. The standard InChI is InChI=1S/C15H21N3O/c1-2-7-19-15-8-14(10-17-11-15)18-12-3-4-13(18)9-16-6-5-12/h2,7-8,10-13,16H,3-6,9H2,1H3/b7-2-. The van der Waals surface area contributed by atoms with Crippen molar-refractivity contribution in [2.24, 2.45) is 0 Å². The third-order valence-electron chi connectivity index (χ3n) is 3.99. The highest BCUT2D eigenvalue weighted by Gasteiger charge is 2.35. The summed E-state index contributed by atoms with van der Waals surface area (Å²) in [5.41, 5.74) is 1.19. The molecule has 2 unspecified atom stereocenters. The SMILES string of the molecule is C/C=C\Oc1cncc(N2C3CCNCC2CC3)c1. The van der Waals surface area contributed by atoms with Gasteiger partial charge >= 0.3 is 0 Å². The van der Waals surface area contributed by atoms with E-state index >= 15 is 0 Å². The van der Waals surface area contributed by atoms with E-state index in [-0.39, 0.29) is 0 Å². The topological polar surface area (TPSA) is 37.4 Å². The number of fused-ring (bicyclic) bond motifs is 2. The van der Waals surface area contributed by atoms with Gasteiger partial charge in [-0.25, -0.2) is 0 Å². The van der Waals surface area contributed by atoms with Crippen LogP contribution >= 0.6 is 0 Å². The largest absolute Gasteiger partial charge is 0.464 e. The average Bonchev–Trinajstić information content (AvgIpc) is 2.70. The van der Waals surface area contributed by atoms with Gasteiger partial charge in [-0.3, -0.25) is 4.98 Å². The molecule has 0 amide bonds. The van der Waals surface area contributed by atoms with Gasteiger partial charge in [0.15, 0.2) is 0 Å². The first-order chi connectivity index (χ1) is 9.38. The number of hydrogen-bond acceptors (Lipinski definition) is 4. The van der Waals surface area contributed by atoms with Gasteiger partial charge in [0.2, 0.25) is 0 Å². The summed E-state index contributed by atoms with van der Waals surface area (Å²) in [4.78, 5) is 6.86. The van der Waals surface area contributed by atoms with E-state index in [0.29, 0.717) is 12.1 Å². The van der Waals surface area contributed by atoms with Gasteiger partial charge < -0.3 is 15.0 Å². The maximum Gasteiger partial charge on any atom is 0.146 e. The van der Waals surface area contributed by atoms with Gasteiger partial charge in [-0.15, -0.1) is 0 Å². The highest BCUT2D eigenvalue weighted by molar-refractivity contribution is 5.51. The minimum atomic E-state index is 0.603. The number of pyridine rings is 1. The maximum atomic E-state index is 5.52. The molecule has 0 aliphatic carbocycles. The summed E-state index contributed by atoms with van der Waals surface area (Å²) >= 11 is 0. The van der Waals surface area contributed by atoms with Crippen molar-refractivity contribution in [1.82, 2.24) is 10.3 Å². The zero-order chi connectivity index (χ0) is 13.1. The van der Waals surface area contributed by atoms with Gasteiger partial charge in [0, 0.05) is 24.7 Å². The second-order valence-electron chi connectivity index (χ2n) is 5.25. The van der Waals surface area contributed by atoms with E-state index in [2.05, 4.69) is 21.3 Å². The lowest BCUT2D eigenvalue weighted by molar-refractivity contribution is 0.477. The third kappa shape index (κ3) is 2.59. The molecular weight excluding hydrogens is 238 g/mol. The summed E-state index contributed by atoms with van der Waals surface area (Å²) < 4.78 is 5.52. The molecule has 2 fully saturated rings. The molecule has 102 valence electrons. The number of aromatic nitrogens is 1. The van der Waals surface area contributed by atoms with Crippen molar-refractivity contribution in [3.05, 3.63) is 30.8 Å². The Morgan fingerprint density at radius 2 is 2.21 bits per heavy atom. The van der Waals surface area contributed by atoms with E-state index in [0.717, 1.165) is 18.8 Å². The van der Waals surface area contributed by atoms with Crippen LogP contribution in [0, 0.1) is 0 Å². The monoisotopic (exact) mass is 259 g/mol. The molecule has 0 radical (unpaired) electrons. The molecule has 3 heterocycles. The molecule has 2 aliphatic rings. The second-order valence-corrected chi connectivity index (χ2v) is 5.25. The minimum absolute atomic E-state index is 0.603. The second kappa shape index (κ2) is 5.61. The normalized spacial score (nSPS) is 26.7. The fraction of sp³-hybridized carbons (Fsp3) is 0.533. The van der Waals surface area contributed by atoms with Crippen molar-refractivity contribution in [3.63, 3.8) is 0 Å². The molecular formula is C15H21N3O. The molecule has 0 saturated carbocycles. The van der Waals surface area contributed by atoms with Gasteiger partial charge in [-0.1, -0.05) is 6.08 Å². The van der Waals surface area contributed by atoms with Crippen LogP contribution < -0.4 is 15.0 Å². The summed E-state index contributed by atoms with van der Waals surface area (Å²) in [6, 6.07) is 3.36. The predicted molar refractivity (Wildman–Crippen MR) is 76.5 cm³/mol. The van der Waals surface area contributed by atoms with Crippen LogP contribution in [-0.2, 0) is 0 Å². The van der Waals surface area contributed by atoms with Gasteiger partial charge in [-0.2, -0.15) is 0 Å². The maximum absolute atomic E-state index is 5.52. The zero-order valence-electron chi connectivity index (χ0n) is 11.4. The quantitative estimate of drug-likeness (QED) is 0.845. The van der Waals surface area contributed by atoms with E-state index in [9.17, 15) is 0 Å². The molecule has 1 aromatic rings. The minimum Gasteiger partial charge on any atom is -0.464 e. The highest BCUT2D eigenvalue weighted by Crippen LogP contribution is 2.34. The van der Waals surface area contributed by atoms with E-state index < -0.39 is 0 Å². The Labute approximate surface area is 114 Å². The molecule has 19 heavy (non-hydrogen) atoms. The lowest BCUT2D eigenvalue weighted by atomic mass is 10.1. The summed E-state index contributed by atoms with van der Waals surface area (Å²) in [6.07, 6.45) is 11.1. The molecule has 0 aromatic carbocycles. The molecule has 0 spiro atoms. The summed E-state index contributed by atoms with van der Waals surface area (Å²) in [5, 5.41) is 3.52. The van der Waals surface area contributed by atoms with Gasteiger partial charge in [0.25, 0.3) is 0 Å². The number of nitrogens with one attached hydrogen (secondary N) is 1. The molecule has 2 bridgehead atoms. The average molecular weight is 259 g/mol. The van der Waals surface area contributed by atoms with E-state index in [1.807, 2.05) is 19.2 Å². The number of hydrogen-bond donors (Lipinski definition) is 1. The number of ether oxygens (including phenoxy) is 1. The molecule has 1 aromatic heterocycles. The Morgan fingerprint density at radius 3 is 3.11 bits per heavy atom. The number of rotatable bonds is 3. The van der Waals surface area contributed by atoms with Crippen molar-refractivity contribution in [3.8, 4) is 5.75 Å².